The Kier molecular flexibility index (Phi) is 7.20. The van der Waals surface area contributed by atoms with Crippen molar-refractivity contribution in [3.8, 4) is 23.3 Å². The molecule has 0 fully saturated rings. The minimum atomic E-state index is -0.233. The number of hydrogen-bond donors (Lipinski definition) is 2. The van der Waals surface area contributed by atoms with E-state index in [1.807, 2.05) is 48.5 Å². The van der Waals surface area contributed by atoms with Crippen molar-refractivity contribution in [2.24, 2.45) is 0 Å². The highest BCUT2D eigenvalue weighted by molar-refractivity contribution is 5.74. The van der Waals surface area contributed by atoms with E-state index in [-0.39, 0.29) is 12.6 Å². The first-order valence-corrected chi connectivity index (χ1v) is 7.99. The van der Waals surface area contributed by atoms with Crippen molar-refractivity contribution in [2.45, 2.75) is 6.42 Å². The van der Waals surface area contributed by atoms with Gasteiger partial charge in [-0.25, -0.2) is 4.79 Å². The maximum Gasteiger partial charge on any atom is 0.315 e. The van der Waals surface area contributed by atoms with Gasteiger partial charge in [-0.15, -0.1) is 0 Å². The number of methoxy groups -OCH3 is 2. The van der Waals surface area contributed by atoms with Gasteiger partial charge in [0, 0.05) is 6.54 Å². The normalized spacial score (nSPS) is 9.52. The first-order valence-electron chi connectivity index (χ1n) is 7.99. The number of rotatable bonds is 6. The SMILES string of the molecule is COc1ccc(CCNC(=O)NCC#Cc2ccccc2OC)cc1. The van der Waals surface area contributed by atoms with Crippen LogP contribution in [-0.4, -0.2) is 33.3 Å². The van der Waals surface area contributed by atoms with E-state index in [1.54, 1.807) is 14.2 Å². The molecule has 0 spiro atoms. The summed E-state index contributed by atoms with van der Waals surface area (Å²) < 4.78 is 10.3. The zero-order valence-electron chi connectivity index (χ0n) is 14.5. The van der Waals surface area contributed by atoms with Gasteiger partial charge in [-0.2, -0.15) is 0 Å². The number of urea groups is 1. The standard InChI is InChI=1S/C20H22N2O3/c1-24-18-11-9-16(10-12-18)13-15-22-20(23)21-14-5-7-17-6-3-4-8-19(17)25-2/h3-4,6,8-12H,13-15H2,1-2H3,(H2,21,22,23). The highest BCUT2D eigenvalue weighted by atomic mass is 16.5. The van der Waals surface area contributed by atoms with E-state index in [0.29, 0.717) is 6.54 Å². The molecule has 2 amide bonds. The third-order valence-corrected chi connectivity index (χ3v) is 3.53. The molecule has 0 aliphatic heterocycles. The molecule has 0 aliphatic carbocycles. The fourth-order valence-electron chi connectivity index (χ4n) is 2.19. The summed E-state index contributed by atoms with van der Waals surface area (Å²) in [7, 11) is 3.24. The van der Waals surface area contributed by atoms with Gasteiger partial charge in [0.1, 0.15) is 11.5 Å². The molecule has 2 aromatic carbocycles. The van der Waals surface area contributed by atoms with Crippen LogP contribution in [0.4, 0.5) is 4.79 Å². The lowest BCUT2D eigenvalue weighted by molar-refractivity contribution is 0.242. The van der Waals surface area contributed by atoms with Crippen molar-refractivity contribution in [3.05, 3.63) is 59.7 Å². The first kappa shape index (κ1) is 18.2. The minimum absolute atomic E-state index is 0.233. The van der Waals surface area contributed by atoms with E-state index >= 15 is 0 Å². The molecule has 0 aliphatic rings. The molecule has 0 saturated carbocycles. The number of ether oxygens (including phenoxy) is 2. The first-order chi connectivity index (χ1) is 12.2. The average Bonchev–Trinajstić information content (AvgIpc) is 2.66. The molecule has 5 heteroatoms. The van der Waals surface area contributed by atoms with Crippen LogP contribution in [0.5, 0.6) is 11.5 Å². The van der Waals surface area contributed by atoms with Gasteiger partial charge in [0.2, 0.25) is 0 Å². The molecule has 0 heterocycles. The van der Waals surface area contributed by atoms with Gasteiger partial charge < -0.3 is 20.1 Å². The molecular weight excluding hydrogens is 316 g/mol. The maximum absolute atomic E-state index is 11.7. The van der Waals surface area contributed by atoms with Crippen LogP contribution in [0.1, 0.15) is 11.1 Å². The van der Waals surface area contributed by atoms with E-state index < -0.39 is 0 Å². The predicted molar refractivity (Wildman–Crippen MR) is 98.0 cm³/mol. The molecule has 2 N–H and O–H groups in total. The number of benzene rings is 2. The zero-order chi connectivity index (χ0) is 17.9. The van der Waals surface area contributed by atoms with Crippen LogP contribution >= 0.6 is 0 Å². The van der Waals surface area contributed by atoms with Gasteiger partial charge in [-0.05, 0) is 36.2 Å². The van der Waals surface area contributed by atoms with E-state index in [2.05, 4.69) is 22.5 Å². The molecule has 2 rings (SSSR count). The molecule has 25 heavy (non-hydrogen) atoms. The van der Waals surface area contributed by atoms with Gasteiger partial charge >= 0.3 is 6.03 Å². The molecule has 0 aromatic heterocycles. The summed E-state index contributed by atoms with van der Waals surface area (Å²) in [6.07, 6.45) is 0.754. The fraction of sp³-hybridized carbons (Fsp3) is 0.250. The quantitative estimate of drug-likeness (QED) is 0.796. The van der Waals surface area contributed by atoms with E-state index in [1.165, 1.54) is 0 Å². The second-order valence-electron chi connectivity index (χ2n) is 5.21. The number of carbonyl (C=O) groups excluding carboxylic acids is 1. The third-order valence-electron chi connectivity index (χ3n) is 3.53. The highest BCUT2D eigenvalue weighted by Crippen LogP contribution is 2.15. The molecule has 0 atom stereocenters. The molecule has 0 saturated heterocycles. The summed E-state index contributed by atoms with van der Waals surface area (Å²) in [6.45, 7) is 0.824. The van der Waals surface area contributed by atoms with E-state index in [0.717, 1.165) is 29.0 Å². The highest BCUT2D eigenvalue weighted by Gasteiger charge is 1.99. The van der Waals surface area contributed by atoms with Gasteiger partial charge in [-0.3, -0.25) is 0 Å². The molecule has 5 nitrogen and oxygen atoms in total. The Hall–Kier alpha value is -3.13. The molecule has 2 aromatic rings. The smallest absolute Gasteiger partial charge is 0.315 e. The number of carbonyl (C=O) groups is 1. The fourth-order valence-corrected chi connectivity index (χ4v) is 2.19. The van der Waals surface area contributed by atoms with Crippen molar-refractivity contribution in [1.29, 1.82) is 0 Å². The van der Waals surface area contributed by atoms with Crippen LogP contribution < -0.4 is 20.1 Å². The second-order valence-corrected chi connectivity index (χ2v) is 5.21. The second kappa shape index (κ2) is 9.89. The van der Waals surface area contributed by atoms with Crippen LogP contribution in [0.25, 0.3) is 0 Å². The maximum atomic E-state index is 11.7. The van der Waals surface area contributed by atoms with Gasteiger partial charge in [0.05, 0.1) is 26.3 Å². The summed E-state index contributed by atoms with van der Waals surface area (Å²) in [5, 5.41) is 5.52. The number of hydrogen-bond acceptors (Lipinski definition) is 3. The van der Waals surface area contributed by atoms with E-state index in [4.69, 9.17) is 9.47 Å². The predicted octanol–water partition coefficient (Wildman–Crippen LogP) is 2.60. The topological polar surface area (TPSA) is 59.6 Å². The Balaban J connectivity index is 1.69. The van der Waals surface area contributed by atoms with Crippen molar-refractivity contribution in [2.75, 3.05) is 27.3 Å². The summed E-state index contributed by atoms with van der Waals surface area (Å²) >= 11 is 0. The molecular formula is C20H22N2O3. The van der Waals surface area contributed by atoms with Gasteiger partial charge in [0.25, 0.3) is 0 Å². The van der Waals surface area contributed by atoms with E-state index in [9.17, 15) is 4.79 Å². The lowest BCUT2D eigenvalue weighted by Gasteiger charge is -2.06. The number of para-hydroxylation sites is 1. The van der Waals surface area contributed by atoms with Gasteiger partial charge in [0.15, 0.2) is 0 Å². The van der Waals surface area contributed by atoms with Crippen LogP contribution in [0.3, 0.4) is 0 Å². The summed E-state index contributed by atoms with van der Waals surface area (Å²) in [6, 6.07) is 15.1. The Morgan fingerprint density at radius 1 is 1.00 bits per heavy atom. The lowest BCUT2D eigenvalue weighted by Crippen LogP contribution is -2.36. The summed E-state index contributed by atoms with van der Waals surface area (Å²) in [5.74, 6) is 7.44. The zero-order valence-corrected chi connectivity index (χ0v) is 14.5. The van der Waals surface area contributed by atoms with Gasteiger partial charge in [-0.1, -0.05) is 36.1 Å². The van der Waals surface area contributed by atoms with Crippen molar-refractivity contribution in [1.82, 2.24) is 10.6 Å². The Bertz CT molecular complexity index is 746. The molecule has 0 unspecified atom stereocenters. The van der Waals surface area contributed by atoms with Crippen LogP contribution in [0.2, 0.25) is 0 Å². The monoisotopic (exact) mass is 338 g/mol. The lowest BCUT2D eigenvalue weighted by atomic mass is 10.1. The van der Waals surface area contributed by atoms with Crippen LogP contribution in [0.15, 0.2) is 48.5 Å². The van der Waals surface area contributed by atoms with Crippen LogP contribution in [0, 0.1) is 11.8 Å². The van der Waals surface area contributed by atoms with Crippen LogP contribution in [-0.2, 0) is 6.42 Å². The Morgan fingerprint density at radius 3 is 2.48 bits per heavy atom. The summed E-state index contributed by atoms with van der Waals surface area (Å²) in [5.41, 5.74) is 1.93. The Labute approximate surface area is 148 Å². The van der Waals surface area contributed by atoms with Crippen molar-refractivity contribution in [3.63, 3.8) is 0 Å². The molecule has 0 radical (unpaired) electrons. The molecule has 130 valence electrons. The molecule has 0 bridgehead atoms. The third kappa shape index (κ3) is 6.11. The number of amides is 2. The van der Waals surface area contributed by atoms with Crippen molar-refractivity contribution >= 4 is 6.03 Å². The largest absolute Gasteiger partial charge is 0.497 e. The summed E-state index contributed by atoms with van der Waals surface area (Å²) in [4.78, 5) is 11.7. The average molecular weight is 338 g/mol. The number of nitrogens with one attached hydrogen (secondary N) is 2. The Morgan fingerprint density at radius 2 is 1.76 bits per heavy atom. The van der Waals surface area contributed by atoms with Crippen molar-refractivity contribution < 1.29 is 14.3 Å². The minimum Gasteiger partial charge on any atom is -0.497 e.